The quantitative estimate of drug-likeness (QED) is 0.864. The van der Waals surface area contributed by atoms with E-state index in [0.717, 1.165) is 30.9 Å². The maximum atomic E-state index is 12.6. The van der Waals surface area contributed by atoms with Crippen LogP contribution in [0.15, 0.2) is 35.2 Å². The fourth-order valence-electron chi connectivity index (χ4n) is 3.16. The van der Waals surface area contributed by atoms with Crippen molar-refractivity contribution in [2.75, 3.05) is 29.8 Å². The van der Waals surface area contributed by atoms with Crippen LogP contribution in [0.3, 0.4) is 0 Å². The Kier molecular flexibility index (Phi) is 5.31. The van der Waals surface area contributed by atoms with Crippen molar-refractivity contribution < 1.29 is 13.2 Å². The van der Waals surface area contributed by atoms with Gasteiger partial charge in [-0.15, -0.1) is 10.2 Å². The molecule has 1 atom stereocenters. The van der Waals surface area contributed by atoms with Crippen molar-refractivity contribution in [2.24, 2.45) is 5.92 Å². The zero-order valence-electron chi connectivity index (χ0n) is 15.3. The van der Waals surface area contributed by atoms with Crippen molar-refractivity contribution in [3.8, 4) is 5.75 Å². The summed E-state index contributed by atoms with van der Waals surface area (Å²) < 4.78 is 32.8. The Balaban J connectivity index is 1.74. The average Bonchev–Trinajstić information content (AvgIpc) is 2.62. The molecule has 1 aliphatic heterocycles. The summed E-state index contributed by atoms with van der Waals surface area (Å²) in [7, 11) is -2.18. The zero-order valence-corrected chi connectivity index (χ0v) is 16.1. The van der Waals surface area contributed by atoms with Gasteiger partial charge in [0.1, 0.15) is 5.75 Å². The molecule has 2 aromatic rings. The number of nitrogens with zero attached hydrogens (tertiary/aromatic N) is 3. The third kappa shape index (κ3) is 4.07. The molecular weight excluding hydrogens is 352 g/mol. The molecule has 1 unspecified atom stereocenters. The molecule has 8 heteroatoms. The number of piperidine rings is 1. The summed E-state index contributed by atoms with van der Waals surface area (Å²) in [5.74, 6) is 2.25. The first-order valence-electron chi connectivity index (χ1n) is 8.65. The summed E-state index contributed by atoms with van der Waals surface area (Å²) in [5, 5.41) is 8.23. The third-order valence-electron chi connectivity index (χ3n) is 4.55. The van der Waals surface area contributed by atoms with E-state index in [-0.39, 0.29) is 10.7 Å². The van der Waals surface area contributed by atoms with E-state index in [1.54, 1.807) is 32.2 Å². The first-order chi connectivity index (χ1) is 12.4. The summed E-state index contributed by atoms with van der Waals surface area (Å²) in [4.78, 5) is 2.35. The first-order valence-corrected chi connectivity index (χ1v) is 10.1. The van der Waals surface area contributed by atoms with Crippen molar-refractivity contribution >= 4 is 21.7 Å². The number of hydrogen-bond acceptors (Lipinski definition) is 6. The van der Waals surface area contributed by atoms with Gasteiger partial charge >= 0.3 is 0 Å². The highest BCUT2D eigenvalue weighted by atomic mass is 32.2. The number of anilines is 2. The second-order valence-corrected chi connectivity index (χ2v) is 8.39. The number of aromatic nitrogens is 2. The van der Waals surface area contributed by atoms with Crippen molar-refractivity contribution in [2.45, 2.75) is 31.6 Å². The molecule has 0 bridgehead atoms. The molecule has 0 spiro atoms. The lowest BCUT2D eigenvalue weighted by Gasteiger charge is -2.31. The predicted octanol–water partition coefficient (Wildman–Crippen LogP) is 2.83. The molecule has 0 radical (unpaired) electrons. The minimum absolute atomic E-state index is 0.159. The molecule has 7 nitrogen and oxygen atoms in total. The van der Waals surface area contributed by atoms with E-state index in [2.05, 4.69) is 26.7 Å². The van der Waals surface area contributed by atoms with Gasteiger partial charge in [0, 0.05) is 13.1 Å². The Morgan fingerprint density at radius 2 is 2.04 bits per heavy atom. The van der Waals surface area contributed by atoms with Gasteiger partial charge in [0.25, 0.3) is 10.0 Å². The Hall–Kier alpha value is -2.35. The summed E-state index contributed by atoms with van der Waals surface area (Å²) in [6.07, 6.45) is 2.36. The lowest BCUT2D eigenvalue weighted by Crippen LogP contribution is -2.34. The Morgan fingerprint density at radius 3 is 2.65 bits per heavy atom. The number of aryl methyl sites for hydroxylation is 1. The highest BCUT2D eigenvalue weighted by molar-refractivity contribution is 7.92. The number of sulfonamides is 1. The minimum Gasteiger partial charge on any atom is -0.496 e. The van der Waals surface area contributed by atoms with Gasteiger partial charge in [0.15, 0.2) is 11.6 Å². The van der Waals surface area contributed by atoms with E-state index in [9.17, 15) is 8.42 Å². The number of ether oxygens (including phenoxy) is 1. The molecule has 140 valence electrons. The van der Waals surface area contributed by atoms with Crippen molar-refractivity contribution in [1.29, 1.82) is 0 Å². The summed E-state index contributed by atoms with van der Waals surface area (Å²) >= 11 is 0. The number of nitrogens with one attached hydrogen (secondary N) is 1. The van der Waals surface area contributed by atoms with Gasteiger partial charge < -0.3 is 9.64 Å². The van der Waals surface area contributed by atoms with Crippen LogP contribution in [0.4, 0.5) is 11.6 Å². The van der Waals surface area contributed by atoms with E-state index < -0.39 is 10.0 Å². The summed E-state index contributed by atoms with van der Waals surface area (Å²) in [6.45, 7) is 5.92. The molecule has 0 saturated carbocycles. The second-order valence-electron chi connectivity index (χ2n) is 6.71. The van der Waals surface area contributed by atoms with Crippen LogP contribution in [0, 0.1) is 12.8 Å². The van der Waals surface area contributed by atoms with Crippen LogP contribution in [-0.4, -0.2) is 38.8 Å². The second kappa shape index (κ2) is 7.49. The van der Waals surface area contributed by atoms with Crippen LogP contribution in [0.2, 0.25) is 0 Å². The third-order valence-corrected chi connectivity index (χ3v) is 5.90. The van der Waals surface area contributed by atoms with E-state index in [0.29, 0.717) is 11.7 Å². The average molecular weight is 376 g/mol. The van der Waals surface area contributed by atoms with Crippen LogP contribution in [0.25, 0.3) is 0 Å². The lowest BCUT2D eigenvalue weighted by atomic mass is 10.0. The van der Waals surface area contributed by atoms with Crippen LogP contribution in [0.5, 0.6) is 5.75 Å². The molecular formula is C18H24N4O3S. The fourth-order valence-corrected chi connectivity index (χ4v) is 4.24. The van der Waals surface area contributed by atoms with Gasteiger partial charge in [-0.3, -0.25) is 4.72 Å². The molecule has 1 N–H and O–H groups in total. The number of methoxy groups -OCH3 is 1. The summed E-state index contributed by atoms with van der Waals surface area (Å²) in [5.41, 5.74) is 0.746. The van der Waals surface area contributed by atoms with Gasteiger partial charge in [-0.25, -0.2) is 8.42 Å². The molecule has 2 heterocycles. The number of rotatable bonds is 5. The monoisotopic (exact) mass is 376 g/mol. The molecule has 3 rings (SSSR count). The molecule has 26 heavy (non-hydrogen) atoms. The molecule has 1 aliphatic rings. The predicted molar refractivity (Wildman–Crippen MR) is 101 cm³/mol. The van der Waals surface area contributed by atoms with E-state index in [4.69, 9.17) is 4.74 Å². The molecule has 0 amide bonds. The van der Waals surface area contributed by atoms with Gasteiger partial charge in [0.05, 0.1) is 12.0 Å². The molecule has 1 fully saturated rings. The standard InChI is InChI=1S/C18H24N4O3S/c1-13-5-4-10-22(12-13)18-9-8-17(19-20-18)21-26(23,24)15-6-7-16(25-3)14(2)11-15/h6-9,11,13H,4-5,10,12H2,1-3H3,(H,19,21). The fraction of sp³-hybridized carbons (Fsp3) is 0.444. The van der Waals surface area contributed by atoms with Crippen molar-refractivity contribution in [3.05, 3.63) is 35.9 Å². The van der Waals surface area contributed by atoms with Crippen LogP contribution in [-0.2, 0) is 10.0 Å². The number of benzene rings is 1. The maximum Gasteiger partial charge on any atom is 0.263 e. The molecule has 1 saturated heterocycles. The Labute approximate surface area is 154 Å². The van der Waals surface area contributed by atoms with Crippen molar-refractivity contribution in [1.82, 2.24) is 10.2 Å². The lowest BCUT2D eigenvalue weighted by molar-refractivity contribution is 0.411. The van der Waals surface area contributed by atoms with Crippen molar-refractivity contribution in [3.63, 3.8) is 0 Å². The van der Waals surface area contributed by atoms with Crippen LogP contribution >= 0.6 is 0 Å². The topological polar surface area (TPSA) is 84.4 Å². The highest BCUT2D eigenvalue weighted by Crippen LogP contribution is 2.24. The van der Waals surface area contributed by atoms with Gasteiger partial charge in [-0.1, -0.05) is 6.92 Å². The van der Waals surface area contributed by atoms with E-state index in [1.165, 1.54) is 12.5 Å². The minimum atomic E-state index is -3.73. The van der Waals surface area contributed by atoms with Crippen LogP contribution < -0.4 is 14.4 Å². The van der Waals surface area contributed by atoms with Gasteiger partial charge in [-0.05, 0) is 61.6 Å². The maximum absolute atomic E-state index is 12.6. The zero-order chi connectivity index (χ0) is 18.7. The summed E-state index contributed by atoms with van der Waals surface area (Å²) in [6, 6.07) is 8.16. The molecule has 1 aromatic carbocycles. The number of hydrogen-bond donors (Lipinski definition) is 1. The Morgan fingerprint density at radius 1 is 1.23 bits per heavy atom. The first kappa shape index (κ1) is 18.4. The highest BCUT2D eigenvalue weighted by Gasteiger charge is 2.19. The van der Waals surface area contributed by atoms with Gasteiger partial charge in [-0.2, -0.15) is 0 Å². The van der Waals surface area contributed by atoms with E-state index >= 15 is 0 Å². The largest absolute Gasteiger partial charge is 0.496 e. The SMILES string of the molecule is COc1ccc(S(=O)(=O)Nc2ccc(N3CCCC(C)C3)nn2)cc1C. The van der Waals surface area contributed by atoms with Gasteiger partial charge in [0.2, 0.25) is 0 Å². The smallest absolute Gasteiger partial charge is 0.263 e. The molecule has 1 aromatic heterocycles. The van der Waals surface area contributed by atoms with Crippen LogP contribution in [0.1, 0.15) is 25.3 Å². The van der Waals surface area contributed by atoms with E-state index in [1.807, 2.05) is 6.07 Å². The Bertz CT molecular complexity index is 869. The normalized spacial score (nSPS) is 17.8. The molecule has 0 aliphatic carbocycles.